The first-order valence-corrected chi connectivity index (χ1v) is 11.5. The molecule has 0 spiro atoms. The molecule has 8 heteroatoms. The van der Waals surface area contributed by atoms with Crippen molar-refractivity contribution >= 4 is 15.9 Å². The number of carbonyl (C=O) groups is 1. The Kier molecular flexibility index (Phi) is 7.02. The fourth-order valence-electron chi connectivity index (χ4n) is 3.51. The van der Waals surface area contributed by atoms with Crippen molar-refractivity contribution in [1.82, 2.24) is 9.21 Å². The van der Waals surface area contributed by atoms with Crippen LogP contribution < -0.4 is 9.47 Å². The Balaban J connectivity index is 1.71. The van der Waals surface area contributed by atoms with Crippen LogP contribution in [0.1, 0.15) is 21.5 Å². The van der Waals surface area contributed by atoms with Crippen molar-refractivity contribution in [2.75, 3.05) is 39.9 Å². The summed E-state index contributed by atoms with van der Waals surface area (Å²) in [6.07, 6.45) is 1.63. The van der Waals surface area contributed by atoms with Gasteiger partial charge in [0.15, 0.2) is 11.5 Å². The van der Waals surface area contributed by atoms with E-state index in [1.807, 2.05) is 19.1 Å². The maximum atomic E-state index is 13.1. The van der Waals surface area contributed by atoms with E-state index in [0.717, 1.165) is 11.1 Å². The van der Waals surface area contributed by atoms with E-state index in [4.69, 9.17) is 9.47 Å². The Morgan fingerprint density at radius 1 is 1.06 bits per heavy atom. The number of carbonyl (C=O) groups excluding carboxylic acids is 1. The van der Waals surface area contributed by atoms with Crippen LogP contribution in [-0.2, 0) is 10.0 Å². The second-order valence-corrected chi connectivity index (χ2v) is 9.34. The molecule has 1 aliphatic rings. The number of rotatable bonds is 7. The molecule has 2 aromatic rings. The van der Waals surface area contributed by atoms with Crippen LogP contribution in [0.2, 0.25) is 0 Å². The Morgan fingerprint density at radius 2 is 1.77 bits per heavy atom. The fourth-order valence-corrected chi connectivity index (χ4v) is 5.24. The molecular formula is C23H28N2O5S. The number of hydrogen-bond donors (Lipinski definition) is 0. The lowest BCUT2D eigenvalue weighted by Gasteiger charge is -2.34. The van der Waals surface area contributed by atoms with Crippen LogP contribution in [0.15, 0.2) is 53.9 Å². The van der Waals surface area contributed by atoms with Gasteiger partial charge in [-0.15, -0.1) is 0 Å². The van der Waals surface area contributed by atoms with Gasteiger partial charge in [0, 0.05) is 31.7 Å². The lowest BCUT2D eigenvalue weighted by molar-refractivity contribution is 0.0697. The predicted octanol–water partition coefficient (Wildman–Crippen LogP) is 3.02. The molecule has 7 nitrogen and oxygen atoms in total. The third-order valence-corrected chi connectivity index (χ3v) is 7.30. The number of piperazine rings is 1. The Hall–Kier alpha value is -2.84. The molecule has 31 heavy (non-hydrogen) atoms. The van der Waals surface area contributed by atoms with Crippen LogP contribution in [0, 0.1) is 13.8 Å². The Labute approximate surface area is 183 Å². The molecule has 0 bridgehead atoms. The lowest BCUT2D eigenvalue weighted by atomic mass is 10.1. The van der Waals surface area contributed by atoms with Gasteiger partial charge in [-0.25, -0.2) is 8.42 Å². The van der Waals surface area contributed by atoms with Gasteiger partial charge in [-0.05, 0) is 49.2 Å². The summed E-state index contributed by atoms with van der Waals surface area (Å²) < 4.78 is 38.5. The number of aryl methyl sites for hydroxylation is 2. The highest BCUT2D eigenvalue weighted by Gasteiger charge is 2.31. The summed E-state index contributed by atoms with van der Waals surface area (Å²) in [5.74, 6) is 0.824. The topological polar surface area (TPSA) is 76.2 Å². The molecule has 0 aromatic heterocycles. The molecule has 0 unspecified atom stereocenters. The highest BCUT2D eigenvalue weighted by atomic mass is 32.2. The minimum absolute atomic E-state index is 0.169. The van der Waals surface area contributed by atoms with Crippen LogP contribution in [0.25, 0.3) is 0 Å². The van der Waals surface area contributed by atoms with E-state index >= 15 is 0 Å². The molecule has 0 N–H and O–H groups in total. The molecular weight excluding hydrogens is 416 g/mol. The van der Waals surface area contributed by atoms with Gasteiger partial charge in [0.25, 0.3) is 5.91 Å². The van der Waals surface area contributed by atoms with Gasteiger partial charge < -0.3 is 14.4 Å². The van der Waals surface area contributed by atoms with Crippen LogP contribution in [0.5, 0.6) is 11.5 Å². The molecule has 0 atom stereocenters. The van der Waals surface area contributed by atoms with E-state index in [2.05, 4.69) is 6.58 Å². The predicted molar refractivity (Wildman–Crippen MR) is 119 cm³/mol. The summed E-state index contributed by atoms with van der Waals surface area (Å²) in [6.45, 7) is 8.75. The third kappa shape index (κ3) is 4.91. The highest BCUT2D eigenvalue weighted by molar-refractivity contribution is 7.89. The molecule has 166 valence electrons. The first-order valence-electron chi connectivity index (χ1n) is 10.1. The molecule has 1 aliphatic heterocycles. The lowest BCUT2D eigenvalue weighted by Crippen LogP contribution is -2.50. The fraction of sp³-hybridized carbons (Fsp3) is 0.348. The van der Waals surface area contributed by atoms with Crippen molar-refractivity contribution in [1.29, 1.82) is 0 Å². The van der Waals surface area contributed by atoms with Crippen LogP contribution in [0.3, 0.4) is 0 Å². The van der Waals surface area contributed by atoms with E-state index in [1.54, 1.807) is 42.2 Å². The SMILES string of the molecule is C=CCOc1ccc(C(=O)N2CCN(S(=O)(=O)c3cc(C)ccc3C)CC2)cc1OC. The van der Waals surface area contributed by atoms with Crippen molar-refractivity contribution in [3.05, 3.63) is 65.7 Å². The first kappa shape index (κ1) is 22.8. The van der Waals surface area contributed by atoms with Gasteiger partial charge in [0.05, 0.1) is 12.0 Å². The molecule has 1 heterocycles. The number of nitrogens with zero attached hydrogens (tertiary/aromatic N) is 2. The van der Waals surface area contributed by atoms with Crippen molar-refractivity contribution in [2.24, 2.45) is 0 Å². The van der Waals surface area contributed by atoms with E-state index in [0.29, 0.717) is 41.7 Å². The number of hydrogen-bond acceptors (Lipinski definition) is 5. The van der Waals surface area contributed by atoms with E-state index in [-0.39, 0.29) is 19.0 Å². The summed E-state index contributed by atoms with van der Waals surface area (Å²) in [5.41, 5.74) is 2.08. The van der Waals surface area contributed by atoms with Gasteiger partial charge in [-0.3, -0.25) is 4.79 Å². The largest absolute Gasteiger partial charge is 0.493 e. The molecule has 1 amide bonds. The van der Waals surface area contributed by atoms with Gasteiger partial charge in [-0.2, -0.15) is 4.31 Å². The normalized spacial score (nSPS) is 14.9. The number of ether oxygens (including phenoxy) is 2. The second-order valence-electron chi connectivity index (χ2n) is 7.43. The molecule has 1 fully saturated rings. The molecule has 0 aliphatic carbocycles. The zero-order valence-corrected chi connectivity index (χ0v) is 18.9. The quantitative estimate of drug-likeness (QED) is 0.614. The average Bonchev–Trinajstić information content (AvgIpc) is 2.78. The van der Waals surface area contributed by atoms with Crippen LogP contribution >= 0.6 is 0 Å². The average molecular weight is 445 g/mol. The molecule has 1 saturated heterocycles. The van der Waals surface area contributed by atoms with Crippen molar-refractivity contribution < 1.29 is 22.7 Å². The highest BCUT2D eigenvalue weighted by Crippen LogP contribution is 2.29. The number of amides is 1. The maximum Gasteiger partial charge on any atom is 0.254 e. The Morgan fingerprint density at radius 3 is 2.42 bits per heavy atom. The number of sulfonamides is 1. The van der Waals surface area contributed by atoms with Gasteiger partial charge >= 0.3 is 0 Å². The summed E-state index contributed by atoms with van der Waals surface area (Å²) in [4.78, 5) is 15.0. The monoisotopic (exact) mass is 444 g/mol. The summed E-state index contributed by atoms with van der Waals surface area (Å²) in [7, 11) is -2.09. The van der Waals surface area contributed by atoms with Crippen LogP contribution in [0.4, 0.5) is 0 Å². The molecule has 3 rings (SSSR count). The number of methoxy groups -OCH3 is 1. The number of benzene rings is 2. The summed E-state index contributed by atoms with van der Waals surface area (Å²) in [6, 6.07) is 10.4. The van der Waals surface area contributed by atoms with Gasteiger partial charge in [0.1, 0.15) is 6.61 Å². The maximum absolute atomic E-state index is 13.1. The summed E-state index contributed by atoms with van der Waals surface area (Å²) in [5, 5.41) is 0. The standard InChI is InChI=1S/C23H28N2O5S/c1-5-14-30-20-9-8-19(16-21(20)29-4)23(26)24-10-12-25(13-11-24)31(27,28)22-15-17(2)6-7-18(22)3/h5-9,15-16H,1,10-14H2,2-4H3. The molecule has 2 aromatic carbocycles. The zero-order valence-electron chi connectivity index (χ0n) is 18.1. The molecule has 0 radical (unpaired) electrons. The van der Waals surface area contributed by atoms with Crippen molar-refractivity contribution in [3.63, 3.8) is 0 Å². The van der Waals surface area contributed by atoms with Gasteiger partial charge in [0.2, 0.25) is 10.0 Å². The van der Waals surface area contributed by atoms with E-state index in [1.165, 1.54) is 11.4 Å². The molecule has 0 saturated carbocycles. The third-order valence-electron chi connectivity index (χ3n) is 5.25. The van der Waals surface area contributed by atoms with E-state index in [9.17, 15) is 13.2 Å². The first-order chi connectivity index (χ1) is 14.8. The van der Waals surface area contributed by atoms with Crippen molar-refractivity contribution in [3.8, 4) is 11.5 Å². The smallest absolute Gasteiger partial charge is 0.254 e. The Bertz CT molecular complexity index is 1070. The second kappa shape index (κ2) is 9.53. The zero-order chi connectivity index (χ0) is 22.6. The van der Waals surface area contributed by atoms with Gasteiger partial charge in [-0.1, -0.05) is 24.8 Å². The summed E-state index contributed by atoms with van der Waals surface area (Å²) >= 11 is 0. The minimum Gasteiger partial charge on any atom is -0.493 e. The van der Waals surface area contributed by atoms with E-state index < -0.39 is 10.0 Å². The van der Waals surface area contributed by atoms with Crippen LogP contribution in [-0.4, -0.2) is 63.4 Å². The minimum atomic E-state index is -3.60. The van der Waals surface area contributed by atoms with Crippen molar-refractivity contribution in [2.45, 2.75) is 18.7 Å².